The number of nitrogens with one attached hydrogen (secondary N) is 1. The van der Waals surface area contributed by atoms with Crippen LogP contribution in [-0.2, 0) is 6.42 Å². The van der Waals surface area contributed by atoms with Crippen molar-refractivity contribution in [2.75, 3.05) is 13.1 Å². The van der Waals surface area contributed by atoms with Gasteiger partial charge in [-0.2, -0.15) is 0 Å². The van der Waals surface area contributed by atoms with Crippen molar-refractivity contribution >= 4 is 0 Å². The number of rotatable bonds is 7. The first-order valence-corrected chi connectivity index (χ1v) is 6.10. The molecule has 1 heteroatoms. The minimum atomic E-state index is 1.15. The van der Waals surface area contributed by atoms with E-state index in [0.717, 1.165) is 6.54 Å². The van der Waals surface area contributed by atoms with E-state index in [0.29, 0.717) is 0 Å². The van der Waals surface area contributed by atoms with Crippen molar-refractivity contribution < 1.29 is 0 Å². The van der Waals surface area contributed by atoms with Gasteiger partial charge in [0, 0.05) is 0 Å². The largest absolute Gasteiger partial charge is 0.317 e. The minimum absolute atomic E-state index is 1.15. The minimum Gasteiger partial charge on any atom is -0.317 e. The fourth-order valence-electron chi connectivity index (χ4n) is 1.72. The Morgan fingerprint density at radius 3 is 2.53 bits per heavy atom. The van der Waals surface area contributed by atoms with Gasteiger partial charge in [0.25, 0.3) is 0 Å². The van der Waals surface area contributed by atoms with E-state index in [1.165, 1.54) is 43.4 Å². The second-order valence-corrected chi connectivity index (χ2v) is 4.13. The zero-order valence-corrected chi connectivity index (χ0v) is 10.1. The van der Waals surface area contributed by atoms with Gasteiger partial charge in [0.15, 0.2) is 0 Å². The molecule has 0 saturated carbocycles. The van der Waals surface area contributed by atoms with Gasteiger partial charge in [-0.25, -0.2) is 0 Å². The van der Waals surface area contributed by atoms with Crippen LogP contribution < -0.4 is 5.32 Å². The summed E-state index contributed by atoms with van der Waals surface area (Å²) in [7, 11) is 0. The van der Waals surface area contributed by atoms with Crippen molar-refractivity contribution in [2.24, 2.45) is 0 Å². The molecule has 0 saturated heterocycles. The molecule has 15 heavy (non-hydrogen) atoms. The van der Waals surface area contributed by atoms with Crippen LogP contribution in [0.1, 0.15) is 37.3 Å². The molecule has 1 N–H and O–H groups in total. The molecule has 0 unspecified atom stereocenters. The van der Waals surface area contributed by atoms with Crippen LogP contribution in [0.4, 0.5) is 0 Å². The van der Waals surface area contributed by atoms with Crippen LogP contribution in [0.15, 0.2) is 24.3 Å². The van der Waals surface area contributed by atoms with E-state index >= 15 is 0 Å². The van der Waals surface area contributed by atoms with Crippen LogP contribution in [0, 0.1) is 6.92 Å². The Balaban J connectivity index is 2.12. The maximum absolute atomic E-state index is 3.48. The highest BCUT2D eigenvalue weighted by Crippen LogP contribution is 2.08. The third-order valence-corrected chi connectivity index (χ3v) is 2.77. The summed E-state index contributed by atoms with van der Waals surface area (Å²) in [6.07, 6.45) is 5.02. The number of hydrogen-bond donors (Lipinski definition) is 1. The standard InChI is InChI=1S/C14H23N/c1-3-4-11-15-12-7-10-14-9-6-5-8-13(14)2/h5-6,8-9,15H,3-4,7,10-12H2,1-2H3. The monoisotopic (exact) mass is 205 g/mol. The Morgan fingerprint density at radius 2 is 1.80 bits per heavy atom. The number of unbranched alkanes of at least 4 members (excludes halogenated alkanes) is 1. The Morgan fingerprint density at radius 1 is 1.07 bits per heavy atom. The third-order valence-electron chi connectivity index (χ3n) is 2.77. The summed E-state index contributed by atoms with van der Waals surface area (Å²) < 4.78 is 0. The molecule has 0 aliphatic rings. The molecule has 0 spiro atoms. The molecule has 1 rings (SSSR count). The summed E-state index contributed by atoms with van der Waals surface area (Å²) in [5.41, 5.74) is 2.92. The molecule has 1 aromatic carbocycles. The average molecular weight is 205 g/mol. The average Bonchev–Trinajstić information content (AvgIpc) is 2.25. The van der Waals surface area contributed by atoms with E-state index < -0.39 is 0 Å². The topological polar surface area (TPSA) is 12.0 Å². The molecule has 84 valence electrons. The lowest BCUT2D eigenvalue weighted by Crippen LogP contribution is -2.17. The van der Waals surface area contributed by atoms with Crippen LogP contribution in [0.5, 0.6) is 0 Å². The maximum atomic E-state index is 3.48. The number of hydrogen-bond acceptors (Lipinski definition) is 1. The molecule has 0 radical (unpaired) electrons. The molecule has 0 atom stereocenters. The van der Waals surface area contributed by atoms with E-state index in [-0.39, 0.29) is 0 Å². The smallest absolute Gasteiger partial charge is 0.00457 e. The molecular weight excluding hydrogens is 182 g/mol. The summed E-state index contributed by atoms with van der Waals surface area (Å²) in [5.74, 6) is 0. The summed E-state index contributed by atoms with van der Waals surface area (Å²) >= 11 is 0. The highest BCUT2D eigenvalue weighted by Gasteiger charge is 1.96. The lowest BCUT2D eigenvalue weighted by molar-refractivity contribution is 0.616. The molecule has 0 aliphatic carbocycles. The van der Waals surface area contributed by atoms with Crippen molar-refractivity contribution in [3.8, 4) is 0 Å². The van der Waals surface area contributed by atoms with Crippen molar-refractivity contribution in [2.45, 2.75) is 39.5 Å². The zero-order chi connectivity index (χ0) is 10.9. The van der Waals surface area contributed by atoms with Gasteiger partial charge in [0.05, 0.1) is 0 Å². The first-order chi connectivity index (χ1) is 7.34. The number of aryl methyl sites for hydroxylation is 2. The fraction of sp³-hybridized carbons (Fsp3) is 0.571. The highest BCUT2D eigenvalue weighted by atomic mass is 14.8. The quantitative estimate of drug-likeness (QED) is 0.673. The van der Waals surface area contributed by atoms with Crippen LogP contribution in [0.3, 0.4) is 0 Å². The van der Waals surface area contributed by atoms with Crippen LogP contribution >= 0.6 is 0 Å². The highest BCUT2D eigenvalue weighted by molar-refractivity contribution is 5.25. The molecule has 1 nitrogen and oxygen atoms in total. The van der Waals surface area contributed by atoms with E-state index in [4.69, 9.17) is 0 Å². The number of benzene rings is 1. The van der Waals surface area contributed by atoms with Gasteiger partial charge in [-0.1, -0.05) is 37.6 Å². The van der Waals surface area contributed by atoms with Gasteiger partial charge in [-0.3, -0.25) is 0 Å². The van der Waals surface area contributed by atoms with Crippen molar-refractivity contribution in [1.82, 2.24) is 5.32 Å². The summed E-state index contributed by atoms with van der Waals surface area (Å²) in [4.78, 5) is 0. The van der Waals surface area contributed by atoms with E-state index in [1.807, 2.05) is 0 Å². The lowest BCUT2D eigenvalue weighted by atomic mass is 10.0. The van der Waals surface area contributed by atoms with Crippen LogP contribution in [0.2, 0.25) is 0 Å². The second-order valence-electron chi connectivity index (χ2n) is 4.13. The Hall–Kier alpha value is -0.820. The molecule has 0 amide bonds. The Kier molecular flexibility index (Phi) is 6.10. The molecule has 0 heterocycles. The molecule has 1 aromatic rings. The molecular formula is C14H23N. The van der Waals surface area contributed by atoms with Gasteiger partial charge in [-0.05, 0) is 50.4 Å². The van der Waals surface area contributed by atoms with Crippen molar-refractivity contribution in [1.29, 1.82) is 0 Å². The van der Waals surface area contributed by atoms with E-state index in [9.17, 15) is 0 Å². The van der Waals surface area contributed by atoms with Gasteiger partial charge < -0.3 is 5.32 Å². The predicted molar refractivity (Wildman–Crippen MR) is 67.3 cm³/mol. The van der Waals surface area contributed by atoms with Gasteiger partial charge in [-0.15, -0.1) is 0 Å². The van der Waals surface area contributed by atoms with Crippen LogP contribution in [0.25, 0.3) is 0 Å². The molecule has 0 bridgehead atoms. The van der Waals surface area contributed by atoms with E-state index in [1.54, 1.807) is 0 Å². The first kappa shape index (κ1) is 12.3. The Labute approximate surface area is 93.9 Å². The SMILES string of the molecule is CCCCNCCCc1ccccc1C. The Bertz CT molecular complexity index is 268. The summed E-state index contributed by atoms with van der Waals surface area (Å²) in [6, 6.07) is 8.67. The van der Waals surface area contributed by atoms with Crippen molar-refractivity contribution in [3.63, 3.8) is 0 Å². The molecule has 0 aromatic heterocycles. The molecule has 0 aliphatic heterocycles. The lowest BCUT2D eigenvalue weighted by Gasteiger charge is -2.06. The van der Waals surface area contributed by atoms with Crippen LogP contribution in [-0.4, -0.2) is 13.1 Å². The van der Waals surface area contributed by atoms with Gasteiger partial charge in [0.2, 0.25) is 0 Å². The summed E-state index contributed by atoms with van der Waals surface area (Å²) in [6.45, 7) is 6.74. The van der Waals surface area contributed by atoms with Crippen molar-refractivity contribution in [3.05, 3.63) is 35.4 Å². The predicted octanol–water partition coefficient (Wildman–Crippen LogP) is 3.32. The van der Waals surface area contributed by atoms with E-state index in [2.05, 4.69) is 43.4 Å². The first-order valence-electron chi connectivity index (χ1n) is 6.10. The van der Waals surface area contributed by atoms with Gasteiger partial charge >= 0.3 is 0 Å². The normalized spacial score (nSPS) is 10.5. The zero-order valence-electron chi connectivity index (χ0n) is 10.1. The maximum Gasteiger partial charge on any atom is -0.00457 e. The molecule has 0 fully saturated rings. The second kappa shape index (κ2) is 7.47. The third kappa shape index (κ3) is 4.98. The summed E-state index contributed by atoms with van der Waals surface area (Å²) in [5, 5.41) is 3.48. The van der Waals surface area contributed by atoms with Gasteiger partial charge in [0.1, 0.15) is 0 Å². The fourth-order valence-corrected chi connectivity index (χ4v) is 1.72.